The number of benzene rings is 1. The Bertz CT molecular complexity index is 363. The molecule has 1 aromatic carbocycles. The number of ether oxygens (including phenoxy) is 1. The van der Waals surface area contributed by atoms with E-state index in [1.807, 2.05) is 30.3 Å². The van der Waals surface area contributed by atoms with Crippen LogP contribution in [0, 0.1) is 0 Å². The van der Waals surface area contributed by atoms with Gasteiger partial charge in [-0.25, -0.2) is 0 Å². The van der Waals surface area contributed by atoms with Crippen LogP contribution < -0.4 is 4.74 Å². The molecule has 2 nitrogen and oxygen atoms in total. The van der Waals surface area contributed by atoms with Gasteiger partial charge in [-0.1, -0.05) is 18.2 Å². The van der Waals surface area contributed by atoms with E-state index in [1.165, 1.54) is 4.90 Å². The Morgan fingerprint density at radius 1 is 1.06 bits per heavy atom. The van der Waals surface area contributed by atoms with E-state index in [1.54, 1.807) is 24.2 Å². The van der Waals surface area contributed by atoms with E-state index in [-0.39, 0.29) is 0 Å². The van der Waals surface area contributed by atoms with Crippen molar-refractivity contribution in [2.24, 2.45) is 0 Å². The first-order valence-corrected chi connectivity index (χ1v) is 6.14. The summed E-state index contributed by atoms with van der Waals surface area (Å²) in [5.74, 6) is 1.77. The summed E-state index contributed by atoms with van der Waals surface area (Å²) in [6, 6.07) is 14.1. The summed E-state index contributed by atoms with van der Waals surface area (Å²) in [6.07, 6.45) is 3.47. The van der Waals surface area contributed by atoms with E-state index < -0.39 is 0 Å². The van der Waals surface area contributed by atoms with Crippen LogP contribution in [0.1, 0.15) is 0 Å². The van der Waals surface area contributed by atoms with Gasteiger partial charge in [0.1, 0.15) is 5.75 Å². The Morgan fingerprint density at radius 2 is 1.94 bits per heavy atom. The minimum Gasteiger partial charge on any atom is -0.491 e. The highest BCUT2D eigenvalue weighted by Crippen LogP contribution is 2.16. The van der Waals surface area contributed by atoms with Crippen molar-refractivity contribution in [1.29, 1.82) is 0 Å². The van der Waals surface area contributed by atoms with Crippen LogP contribution in [-0.4, -0.2) is 17.3 Å². The normalized spacial score (nSPS) is 10.0. The molecule has 16 heavy (non-hydrogen) atoms. The van der Waals surface area contributed by atoms with E-state index in [2.05, 4.69) is 17.1 Å². The third-order valence-electron chi connectivity index (χ3n) is 2.00. The summed E-state index contributed by atoms with van der Waals surface area (Å²) in [5.41, 5.74) is 0. The molecule has 1 heterocycles. The van der Waals surface area contributed by atoms with Crippen LogP contribution in [0.3, 0.4) is 0 Å². The highest BCUT2D eigenvalue weighted by atomic mass is 32.2. The lowest BCUT2D eigenvalue weighted by Crippen LogP contribution is -1.99. The smallest absolute Gasteiger partial charge is 0.137 e. The fourth-order valence-corrected chi connectivity index (χ4v) is 2.02. The van der Waals surface area contributed by atoms with Gasteiger partial charge in [-0.3, -0.25) is 4.98 Å². The summed E-state index contributed by atoms with van der Waals surface area (Å²) in [6.45, 7) is 0.700. The van der Waals surface area contributed by atoms with Gasteiger partial charge in [0.25, 0.3) is 0 Å². The number of hydrogen-bond donors (Lipinski definition) is 0. The molecule has 0 radical (unpaired) electrons. The van der Waals surface area contributed by atoms with Crippen molar-refractivity contribution in [3.63, 3.8) is 0 Å². The van der Waals surface area contributed by atoms with Gasteiger partial charge in [-0.05, 0) is 24.3 Å². The lowest BCUT2D eigenvalue weighted by Gasteiger charge is -2.04. The minimum absolute atomic E-state index is 0.700. The summed E-state index contributed by atoms with van der Waals surface area (Å²) in [5, 5.41) is 0. The van der Waals surface area contributed by atoms with E-state index in [0.29, 0.717) is 6.61 Å². The molecule has 1 aromatic heterocycles. The van der Waals surface area contributed by atoms with E-state index in [0.717, 1.165) is 11.5 Å². The molecule has 0 fully saturated rings. The zero-order chi connectivity index (χ0) is 11.1. The molecule has 82 valence electrons. The first-order valence-electron chi connectivity index (χ1n) is 5.16. The van der Waals surface area contributed by atoms with Gasteiger partial charge >= 0.3 is 0 Å². The summed E-state index contributed by atoms with van der Waals surface area (Å²) < 4.78 is 5.54. The Balaban J connectivity index is 1.70. The Labute approximate surface area is 99.7 Å². The zero-order valence-corrected chi connectivity index (χ0v) is 9.69. The van der Waals surface area contributed by atoms with Gasteiger partial charge in [0.15, 0.2) is 0 Å². The second kappa shape index (κ2) is 6.18. The zero-order valence-electron chi connectivity index (χ0n) is 8.87. The Hall–Kier alpha value is -1.48. The molecule has 2 rings (SSSR count). The number of nitrogens with zero attached hydrogens (tertiary/aromatic N) is 1. The van der Waals surface area contributed by atoms with E-state index in [4.69, 9.17) is 4.74 Å². The van der Waals surface area contributed by atoms with Crippen LogP contribution >= 0.6 is 11.8 Å². The molecule has 0 aliphatic heterocycles. The molecular formula is C13H13NOS. The molecule has 0 aliphatic rings. The fourth-order valence-electron chi connectivity index (χ4n) is 1.27. The molecule has 0 bridgehead atoms. The number of pyridine rings is 1. The Kier molecular flexibility index (Phi) is 4.26. The third kappa shape index (κ3) is 3.59. The second-order valence-electron chi connectivity index (χ2n) is 3.20. The van der Waals surface area contributed by atoms with E-state index in [9.17, 15) is 0 Å². The van der Waals surface area contributed by atoms with Crippen molar-refractivity contribution < 1.29 is 4.74 Å². The van der Waals surface area contributed by atoms with Gasteiger partial charge in [0, 0.05) is 16.8 Å². The molecule has 0 saturated heterocycles. The fraction of sp³-hybridized carbons (Fsp3) is 0.154. The predicted molar refractivity (Wildman–Crippen MR) is 66.9 cm³/mol. The maximum Gasteiger partial charge on any atom is 0.137 e. The monoisotopic (exact) mass is 231 g/mol. The number of aromatic nitrogens is 1. The molecule has 0 saturated carbocycles. The van der Waals surface area contributed by atoms with Gasteiger partial charge in [-0.15, -0.1) is 11.8 Å². The third-order valence-corrected chi connectivity index (χ3v) is 2.97. The van der Waals surface area contributed by atoms with E-state index >= 15 is 0 Å². The van der Waals surface area contributed by atoms with Crippen LogP contribution in [-0.2, 0) is 0 Å². The summed E-state index contributed by atoms with van der Waals surface area (Å²) in [7, 11) is 0. The van der Waals surface area contributed by atoms with Crippen LogP contribution in [0.4, 0.5) is 0 Å². The lowest BCUT2D eigenvalue weighted by molar-refractivity contribution is 0.342. The van der Waals surface area contributed by atoms with Crippen molar-refractivity contribution in [2.45, 2.75) is 4.90 Å². The number of hydrogen-bond acceptors (Lipinski definition) is 3. The molecule has 0 amide bonds. The minimum atomic E-state index is 0.700. The summed E-state index contributed by atoms with van der Waals surface area (Å²) >= 11 is 1.79. The summed E-state index contributed by atoms with van der Waals surface area (Å²) in [4.78, 5) is 5.27. The largest absolute Gasteiger partial charge is 0.491 e. The van der Waals surface area contributed by atoms with Crippen LogP contribution in [0.15, 0.2) is 59.8 Å². The molecule has 3 heteroatoms. The van der Waals surface area contributed by atoms with Gasteiger partial charge < -0.3 is 4.74 Å². The second-order valence-corrected chi connectivity index (χ2v) is 4.37. The first-order chi connectivity index (χ1) is 7.95. The quantitative estimate of drug-likeness (QED) is 0.582. The molecule has 0 N–H and O–H groups in total. The molecule has 0 spiro atoms. The van der Waals surface area contributed by atoms with Crippen molar-refractivity contribution >= 4 is 11.8 Å². The van der Waals surface area contributed by atoms with Gasteiger partial charge in [-0.2, -0.15) is 0 Å². The molecular weight excluding hydrogens is 218 g/mol. The van der Waals surface area contributed by atoms with Crippen molar-refractivity contribution in [1.82, 2.24) is 4.98 Å². The van der Waals surface area contributed by atoms with Crippen molar-refractivity contribution in [3.8, 4) is 5.75 Å². The van der Waals surface area contributed by atoms with Crippen LogP contribution in [0.25, 0.3) is 0 Å². The molecule has 0 aliphatic carbocycles. The Morgan fingerprint density at radius 3 is 2.69 bits per heavy atom. The predicted octanol–water partition coefficient (Wildman–Crippen LogP) is 3.25. The van der Waals surface area contributed by atoms with Crippen LogP contribution in [0.5, 0.6) is 5.75 Å². The van der Waals surface area contributed by atoms with Crippen molar-refractivity contribution in [3.05, 3.63) is 54.9 Å². The first kappa shape index (κ1) is 11.0. The van der Waals surface area contributed by atoms with Gasteiger partial charge in [0.05, 0.1) is 12.8 Å². The SMILES string of the molecule is c1ccc(SCCOc2cccnc2)cc1. The van der Waals surface area contributed by atoms with Gasteiger partial charge in [0.2, 0.25) is 0 Å². The number of rotatable bonds is 5. The molecule has 0 unspecified atom stereocenters. The van der Waals surface area contributed by atoms with Crippen LogP contribution in [0.2, 0.25) is 0 Å². The highest BCUT2D eigenvalue weighted by molar-refractivity contribution is 7.99. The molecule has 2 aromatic rings. The molecule has 0 atom stereocenters. The maximum atomic E-state index is 5.54. The highest BCUT2D eigenvalue weighted by Gasteiger charge is 1.94. The maximum absolute atomic E-state index is 5.54. The lowest BCUT2D eigenvalue weighted by atomic mass is 10.4. The average molecular weight is 231 g/mol. The topological polar surface area (TPSA) is 22.1 Å². The van der Waals surface area contributed by atoms with Crippen molar-refractivity contribution in [2.75, 3.05) is 12.4 Å². The standard InChI is InChI=1S/C13H13NOS/c1-2-6-13(7-3-1)16-10-9-15-12-5-4-8-14-11-12/h1-8,11H,9-10H2. The average Bonchev–Trinajstić information content (AvgIpc) is 2.37. The number of thioether (sulfide) groups is 1.